The van der Waals surface area contributed by atoms with Gasteiger partial charge in [0.05, 0.1) is 18.6 Å². The summed E-state index contributed by atoms with van der Waals surface area (Å²) in [5.41, 5.74) is 3.74. The zero-order valence-electron chi connectivity index (χ0n) is 14.0. The van der Waals surface area contributed by atoms with Gasteiger partial charge in [-0.05, 0) is 44.7 Å². The predicted molar refractivity (Wildman–Crippen MR) is 93.8 cm³/mol. The molecule has 2 rings (SSSR count). The van der Waals surface area contributed by atoms with Crippen LogP contribution < -0.4 is 14.5 Å². The van der Waals surface area contributed by atoms with E-state index in [1.54, 1.807) is 24.3 Å². The Morgan fingerprint density at radius 1 is 1.29 bits per heavy atom. The van der Waals surface area contributed by atoms with Crippen LogP contribution in [0.2, 0.25) is 0 Å². The molecule has 1 amide bonds. The third kappa shape index (κ3) is 4.95. The monoisotopic (exact) mass is 353 g/mol. The molecular weight excluding hydrogens is 330 g/mol. The number of para-hydroxylation sites is 2. The number of carbonyl (C=O) groups excluding carboxylic acids is 1. The first-order valence-corrected chi connectivity index (χ1v) is 9.80. The van der Waals surface area contributed by atoms with Crippen molar-refractivity contribution in [1.82, 2.24) is 5.43 Å². The number of hydrogen-bond donors (Lipinski definition) is 1. The molecule has 0 aromatic heterocycles. The van der Waals surface area contributed by atoms with E-state index >= 15 is 0 Å². The largest absolute Gasteiger partial charge is 0.492 e. The van der Waals surface area contributed by atoms with Crippen LogP contribution >= 0.6 is 0 Å². The minimum absolute atomic E-state index is 0.338. The second-order valence-electron chi connectivity index (χ2n) is 5.59. The Balaban J connectivity index is 2.17. The normalized spacial score (nSPS) is 14.3. The molecule has 0 spiro atoms. The van der Waals surface area contributed by atoms with Gasteiger partial charge in [0.25, 0.3) is 5.91 Å². The molecule has 1 saturated carbocycles. The van der Waals surface area contributed by atoms with Gasteiger partial charge in [-0.1, -0.05) is 12.1 Å². The van der Waals surface area contributed by atoms with Crippen LogP contribution in [0, 0.1) is 0 Å². The molecule has 8 heteroatoms. The van der Waals surface area contributed by atoms with Crippen LogP contribution in [0.15, 0.2) is 29.4 Å². The van der Waals surface area contributed by atoms with Gasteiger partial charge in [-0.25, -0.2) is 13.8 Å². The molecule has 1 fully saturated rings. The van der Waals surface area contributed by atoms with Crippen molar-refractivity contribution in [2.45, 2.75) is 32.6 Å². The molecular formula is C16H23N3O4S. The van der Waals surface area contributed by atoms with Crippen molar-refractivity contribution in [2.24, 2.45) is 5.10 Å². The summed E-state index contributed by atoms with van der Waals surface area (Å²) in [5.74, 6) is -0.0635. The SMILES string of the molecule is CCOc1ccccc1N(CC(=O)NN=C1CCCC1)S(C)(=O)=O. The van der Waals surface area contributed by atoms with Gasteiger partial charge in [-0.2, -0.15) is 5.10 Å². The number of anilines is 1. The summed E-state index contributed by atoms with van der Waals surface area (Å²) in [6, 6.07) is 6.74. The summed E-state index contributed by atoms with van der Waals surface area (Å²) >= 11 is 0. The summed E-state index contributed by atoms with van der Waals surface area (Å²) in [7, 11) is -3.65. The number of amides is 1. The lowest BCUT2D eigenvalue weighted by atomic mass is 10.3. The van der Waals surface area contributed by atoms with Crippen LogP contribution in [0.25, 0.3) is 0 Å². The number of hydrazone groups is 1. The second kappa shape index (κ2) is 8.14. The number of rotatable bonds is 7. The van der Waals surface area contributed by atoms with Crippen molar-refractivity contribution in [3.05, 3.63) is 24.3 Å². The number of hydrogen-bond acceptors (Lipinski definition) is 5. The highest BCUT2D eigenvalue weighted by Gasteiger charge is 2.24. The maximum absolute atomic E-state index is 12.1. The van der Waals surface area contributed by atoms with Gasteiger partial charge in [0, 0.05) is 5.71 Å². The number of nitrogens with zero attached hydrogens (tertiary/aromatic N) is 2. The summed E-state index contributed by atoms with van der Waals surface area (Å²) in [5, 5.41) is 4.08. The molecule has 1 aromatic rings. The summed E-state index contributed by atoms with van der Waals surface area (Å²) in [6.45, 7) is 1.86. The van der Waals surface area contributed by atoms with Crippen molar-refractivity contribution in [2.75, 3.05) is 23.7 Å². The standard InChI is InChI=1S/C16H23N3O4S/c1-3-23-15-11-7-6-10-14(15)19(24(2,21)22)12-16(20)18-17-13-8-4-5-9-13/h6-7,10-11H,3-5,8-9,12H2,1-2H3,(H,18,20). The van der Waals surface area contributed by atoms with Gasteiger partial charge >= 0.3 is 0 Å². The lowest BCUT2D eigenvalue weighted by Gasteiger charge is -2.23. The van der Waals surface area contributed by atoms with E-state index in [-0.39, 0.29) is 6.54 Å². The van der Waals surface area contributed by atoms with Crippen molar-refractivity contribution in [3.8, 4) is 5.75 Å². The van der Waals surface area contributed by atoms with Gasteiger partial charge in [0.1, 0.15) is 12.3 Å². The molecule has 0 atom stereocenters. The number of sulfonamides is 1. The zero-order chi connectivity index (χ0) is 17.6. The lowest BCUT2D eigenvalue weighted by Crippen LogP contribution is -2.39. The second-order valence-corrected chi connectivity index (χ2v) is 7.50. The summed E-state index contributed by atoms with van der Waals surface area (Å²) < 4.78 is 30.8. The fraction of sp³-hybridized carbons (Fsp3) is 0.500. The average molecular weight is 353 g/mol. The van der Waals surface area contributed by atoms with E-state index in [4.69, 9.17) is 4.74 Å². The van der Waals surface area contributed by atoms with Crippen LogP contribution in [0.5, 0.6) is 5.75 Å². The maximum Gasteiger partial charge on any atom is 0.260 e. The van der Waals surface area contributed by atoms with E-state index in [9.17, 15) is 13.2 Å². The Morgan fingerprint density at radius 3 is 2.58 bits per heavy atom. The van der Waals surface area contributed by atoms with Crippen LogP contribution in [0.3, 0.4) is 0 Å². The van der Waals surface area contributed by atoms with Crippen molar-refractivity contribution in [3.63, 3.8) is 0 Å². The topological polar surface area (TPSA) is 88.1 Å². The van der Waals surface area contributed by atoms with E-state index < -0.39 is 15.9 Å². The van der Waals surface area contributed by atoms with Gasteiger partial charge in [0.15, 0.2) is 0 Å². The first-order chi connectivity index (χ1) is 11.4. The Labute approximate surface area is 142 Å². The molecule has 1 aliphatic rings. The molecule has 1 aliphatic carbocycles. The number of ether oxygens (including phenoxy) is 1. The zero-order valence-corrected chi connectivity index (χ0v) is 14.8. The van der Waals surface area contributed by atoms with Gasteiger partial charge in [0.2, 0.25) is 10.0 Å². The molecule has 0 unspecified atom stereocenters. The van der Waals surface area contributed by atoms with Crippen LogP contribution in [0.4, 0.5) is 5.69 Å². The highest BCUT2D eigenvalue weighted by atomic mass is 32.2. The highest BCUT2D eigenvalue weighted by Crippen LogP contribution is 2.29. The third-order valence-corrected chi connectivity index (χ3v) is 4.77. The minimum atomic E-state index is -3.65. The van der Waals surface area contributed by atoms with E-state index in [0.29, 0.717) is 18.0 Å². The molecule has 7 nitrogen and oxygen atoms in total. The smallest absolute Gasteiger partial charge is 0.260 e. The molecule has 0 heterocycles. The molecule has 24 heavy (non-hydrogen) atoms. The number of carbonyl (C=O) groups is 1. The van der Waals surface area contributed by atoms with Crippen molar-refractivity contribution >= 4 is 27.3 Å². The molecule has 132 valence electrons. The Hall–Kier alpha value is -2.09. The Kier molecular flexibility index (Phi) is 6.19. The fourth-order valence-corrected chi connectivity index (χ4v) is 3.38. The van der Waals surface area contributed by atoms with E-state index in [2.05, 4.69) is 10.5 Å². The summed E-state index contributed by atoms with van der Waals surface area (Å²) in [6.07, 6.45) is 4.97. The molecule has 0 bridgehead atoms. The van der Waals surface area contributed by atoms with Crippen LogP contribution in [-0.2, 0) is 14.8 Å². The quantitative estimate of drug-likeness (QED) is 0.758. The Morgan fingerprint density at radius 2 is 1.96 bits per heavy atom. The average Bonchev–Trinajstić information content (AvgIpc) is 3.04. The Bertz CT molecular complexity index is 708. The molecule has 1 aromatic carbocycles. The van der Waals surface area contributed by atoms with E-state index in [1.165, 1.54) is 0 Å². The van der Waals surface area contributed by atoms with Gasteiger partial charge in [-0.3, -0.25) is 9.10 Å². The van der Waals surface area contributed by atoms with Crippen molar-refractivity contribution in [1.29, 1.82) is 0 Å². The first-order valence-electron chi connectivity index (χ1n) is 7.95. The predicted octanol–water partition coefficient (Wildman–Crippen LogP) is 1.90. The lowest BCUT2D eigenvalue weighted by molar-refractivity contribution is -0.119. The number of nitrogens with one attached hydrogen (secondary N) is 1. The minimum Gasteiger partial charge on any atom is -0.492 e. The maximum atomic E-state index is 12.1. The van der Waals surface area contributed by atoms with Crippen LogP contribution in [-0.4, -0.2) is 39.4 Å². The van der Waals surface area contributed by atoms with E-state index in [1.807, 2.05) is 6.92 Å². The van der Waals surface area contributed by atoms with Crippen molar-refractivity contribution < 1.29 is 17.9 Å². The third-order valence-electron chi connectivity index (χ3n) is 3.64. The summed E-state index contributed by atoms with van der Waals surface area (Å²) in [4.78, 5) is 12.1. The molecule has 0 radical (unpaired) electrons. The first kappa shape index (κ1) is 18.3. The highest BCUT2D eigenvalue weighted by molar-refractivity contribution is 7.92. The molecule has 1 N–H and O–H groups in total. The van der Waals surface area contributed by atoms with Gasteiger partial charge in [-0.15, -0.1) is 0 Å². The fourth-order valence-electron chi connectivity index (χ4n) is 2.52. The van der Waals surface area contributed by atoms with Crippen LogP contribution in [0.1, 0.15) is 32.6 Å². The number of benzene rings is 1. The van der Waals surface area contributed by atoms with E-state index in [0.717, 1.165) is 42.0 Å². The molecule has 0 aliphatic heterocycles. The molecule has 0 saturated heterocycles. The van der Waals surface area contributed by atoms with Gasteiger partial charge < -0.3 is 4.74 Å².